The van der Waals surface area contributed by atoms with Crippen LogP contribution in [0.15, 0.2) is 30.5 Å². The van der Waals surface area contributed by atoms with Crippen LogP contribution in [-0.4, -0.2) is 26.0 Å². The van der Waals surface area contributed by atoms with Crippen LogP contribution < -0.4 is 0 Å². The van der Waals surface area contributed by atoms with Gasteiger partial charge in [-0.2, -0.15) is 5.10 Å². The average molecular weight is 218 g/mol. The molecule has 0 fully saturated rings. The highest BCUT2D eigenvalue weighted by molar-refractivity contribution is 5.88. The zero-order valence-electron chi connectivity index (χ0n) is 8.58. The highest BCUT2D eigenvalue weighted by atomic mass is 16.4. The second-order valence-electron chi connectivity index (χ2n) is 3.45. The minimum atomic E-state index is -1.25. The summed E-state index contributed by atoms with van der Waals surface area (Å²) in [6.07, 6.45) is 1.28. The smallest absolute Gasteiger partial charge is 0.360 e. The number of aromatic carboxylic acids is 1. The molecule has 16 heavy (non-hydrogen) atoms. The standard InChI is InChI=1S/C11H10N2O3/c1-7-3-2-4-8(5-7)13-6-9(14)10(12-13)11(15)16/h2-6,14H,1H3,(H,15,16). The summed E-state index contributed by atoms with van der Waals surface area (Å²) >= 11 is 0. The lowest BCUT2D eigenvalue weighted by molar-refractivity contribution is 0.0687. The predicted octanol–water partition coefficient (Wildman–Crippen LogP) is 1.58. The van der Waals surface area contributed by atoms with Gasteiger partial charge >= 0.3 is 5.97 Å². The number of benzene rings is 1. The lowest BCUT2D eigenvalue weighted by Crippen LogP contribution is -2.01. The largest absolute Gasteiger partial charge is 0.504 e. The molecule has 0 bridgehead atoms. The zero-order chi connectivity index (χ0) is 11.7. The normalized spacial score (nSPS) is 10.3. The molecule has 2 rings (SSSR count). The van der Waals surface area contributed by atoms with Crippen LogP contribution in [0.2, 0.25) is 0 Å². The van der Waals surface area contributed by atoms with Crippen molar-refractivity contribution in [3.05, 3.63) is 41.7 Å². The Morgan fingerprint density at radius 1 is 1.44 bits per heavy atom. The second-order valence-corrected chi connectivity index (χ2v) is 3.45. The number of hydrogen-bond donors (Lipinski definition) is 2. The Kier molecular flexibility index (Phi) is 2.36. The van der Waals surface area contributed by atoms with Crippen molar-refractivity contribution in [2.24, 2.45) is 0 Å². The number of aromatic nitrogens is 2. The van der Waals surface area contributed by atoms with Crippen LogP contribution in [0.5, 0.6) is 5.75 Å². The van der Waals surface area contributed by atoms with E-state index in [4.69, 9.17) is 5.11 Å². The van der Waals surface area contributed by atoms with E-state index in [1.807, 2.05) is 25.1 Å². The fraction of sp³-hybridized carbons (Fsp3) is 0.0909. The fourth-order valence-corrected chi connectivity index (χ4v) is 1.42. The molecule has 5 nitrogen and oxygen atoms in total. The summed E-state index contributed by atoms with van der Waals surface area (Å²) in [5.74, 6) is -1.59. The van der Waals surface area contributed by atoms with Gasteiger partial charge in [0.2, 0.25) is 5.69 Å². The number of rotatable bonds is 2. The van der Waals surface area contributed by atoms with Gasteiger partial charge in [-0.25, -0.2) is 9.48 Å². The van der Waals surface area contributed by atoms with E-state index >= 15 is 0 Å². The Bertz CT molecular complexity index is 546. The minimum absolute atomic E-state index is 0.339. The molecule has 0 aliphatic rings. The van der Waals surface area contributed by atoms with E-state index < -0.39 is 5.97 Å². The summed E-state index contributed by atoms with van der Waals surface area (Å²) < 4.78 is 1.34. The molecular weight excluding hydrogens is 208 g/mol. The van der Waals surface area contributed by atoms with E-state index in [2.05, 4.69) is 5.10 Å². The van der Waals surface area contributed by atoms with Gasteiger partial charge in [0.05, 0.1) is 11.9 Å². The van der Waals surface area contributed by atoms with Gasteiger partial charge in [0, 0.05) is 0 Å². The van der Waals surface area contributed by atoms with Gasteiger partial charge in [0.25, 0.3) is 0 Å². The van der Waals surface area contributed by atoms with Gasteiger partial charge in [-0.15, -0.1) is 0 Å². The van der Waals surface area contributed by atoms with E-state index in [0.717, 1.165) is 5.56 Å². The number of aryl methyl sites for hydroxylation is 1. The Morgan fingerprint density at radius 2 is 2.19 bits per heavy atom. The van der Waals surface area contributed by atoms with Crippen molar-refractivity contribution in [1.82, 2.24) is 9.78 Å². The maximum absolute atomic E-state index is 10.7. The average Bonchev–Trinajstić information content (AvgIpc) is 2.60. The molecule has 0 unspecified atom stereocenters. The van der Waals surface area contributed by atoms with Gasteiger partial charge in [0.1, 0.15) is 0 Å². The minimum Gasteiger partial charge on any atom is -0.504 e. The summed E-state index contributed by atoms with van der Waals surface area (Å²) in [6, 6.07) is 7.39. The van der Waals surface area contributed by atoms with Crippen molar-refractivity contribution in [3.8, 4) is 11.4 Å². The third-order valence-electron chi connectivity index (χ3n) is 2.16. The first-order valence-electron chi connectivity index (χ1n) is 4.67. The van der Waals surface area contributed by atoms with Crippen LogP contribution in [0.25, 0.3) is 5.69 Å². The Labute approximate surface area is 91.6 Å². The Balaban J connectivity index is 2.49. The maximum Gasteiger partial charge on any atom is 0.360 e. The molecule has 1 aromatic carbocycles. The van der Waals surface area contributed by atoms with Crippen molar-refractivity contribution < 1.29 is 15.0 Å². The molecule has 0 saturated heterocycles. The quantitative estimate of drug-likeness (QED) is 0.802. The van der Waals surface area contributed by atoms with E-state index in [1.54, 1.807) is 6.07 Å². The van der Waals surface area contributed by atoms with Crippen LogP contribution in [-0.2, 0) is 0 Å². The van der Waals surface area contributed by atoms with Crippen LogP contribution in [0.3, 0.4) is 0 Å². The molecule has 0 radical (unpaired) electrons. The summed E-state index contributed by atoms with van der Waals surface area (Å²) in [5, 5.41) is 21.9. The first-order valence-corrected chi connectivity index (χ1v) is 4.67. The van der Waals surface area contributed by atoms with E-state index in [1.165, 1.54) is 10.9 Å². The molecule has 1 aromatic heterocycles. The first kappa shape index (κ1) is 10.2. The van der Waals surface area contributed by atoms with Crippen LogP contribution in [0, 0.1) is 6.92 Å². The lowest BCUT2D eigenvalue weighted by Gasteiger charge is -2.00. The molecule has 0 aliphatic carbocycles. The van der Waals surface area contributed by atoms with Crippen LogP contribution in [0.1, 0.15) is 16.1 Å². The molecule has 82 valence electrons. The van der Waals surface area contributed by atoms with Gasteiger partial charge in [-0.1, -0.05) is 12.1 Å². The van der Waals surface area contributed by atoms with E-state index in [9.17, 15) is 9.90 Å². The third-order valence-corrected chi connectivity index (χ3v) is 2.16. The first-order chi connectivity index (χ1) is 7.58. The van der Waals surface area contributed by atoms with Gasteiger partial charge in [0.15, 0.2) is 5.75 Å². The molecule has 5 heteroatoms. The summed E-state index contributed by atoms with van der Waals surface area (Å²) in [5.41, 5.74) is 1.40. The molecular formula is C11H10N2O3. The highest BCUT2D eigenvalue weighted by Crippen LogP contribution is 2.18. The number of hydrogen-bond acceptors (Lipinski definition) is 3. The molecule has 0 aliphatic heterocycles. The van der Waals surface area contributed by atoms with Crippen molar-refractivity contribution in [2.45, 2.75) is 6.92 Å². The molecule has 0 saturated carbocycles. The number of carboxylic acid groups (broad SMARTS) is 1. The SMILES string of the molecule is Cc1cccc(-n2cc(O)c(C(=O)O)n2)c1. The maximum atomic E-state index is 10.7. The topological polar surface area (TPSA) is 75.4 Å². The van der Waals surface area contributed by atoms with Gasteiger partial charge in [-0.05, 0) is 24.6 Å². The van der Waals surface area contributed by atoms with E-state index in [0.29, 0.717) is 5.69 Å². The Morgan fingerprint density at radius 3 is 2.75 bits per heavy atom. The molecule has 0 spiro atoms. The van der Waals surface area contributed by atoms with Crippen molar-refractivity contribution in [2.75, 3.05) is 0 Å². The van der Waals surface area contributed by atoms with Crippen LogP contribution in [0.4, 0.5) is 0 Å². The Hall–Kier alpha value is -2.30. The van der Waals surface area contributed by atoms with Gasteiger partial charge < -0.3 is 10.2 Å². The number of carboxylic acids is 1. The lowest BCUT2D eigenvalue weighted by atomic mass is 10.2. The highest BCUT2D eigenvalue weighted by Gasteiger charge is 2.15. The van der Waals surface area contributed by atoms with Gasteiger partial charge in [-0.3, -0.25) is 0 Å². The van der Waals surface area contributed by atoms with Crippen molar-refractivity contribution in [3.63, 3.8) is 0 Å². The second kappa shape index (κ2) is 3.69. The monoisotopic (exact) mass is 218 g/mol. The predicted molar refractivity (Wildman–Crippen MR) is 56.9 cm³/mol. The van der Waals surface area contributed by atoms with E-state index in [-0.39, 0.29) is 11.4 Å². The molecule has 2 N–H and O–H groups in total. The number of nitrogens with zero attached hydrogens (tertiary/aromatic N) is 2. The number of aromatic hydroxyl groups is 1. The summed E-state index contributed by atoms with van der Waals surface area (Å²) in [7, 11) is 0. The molecule has 0 atom stereocenters. The summed E-state index contributed by atoms with van der Waals surface area (Å²) in [6.45, 7) is 1.92. The van der Waals surface area contributed by atoms with Crippen molar-refractivity contribution >= 4 is 5.97 Å². The van der Waals surface area contributed by atoms with Crippen LogP contribution >= 0.6 is 0 Å². The molecule has 0 amide bonds. The molecule has 2 aromatic rings. The fourth-order valence-electron chi connectivity index (χ4n) is 1.42. The molecule has 1 heterocycles. The van der Waals surface area contributed by atoms with Crippen molar-refractivity contribution in [1.29, 1.82) is 0 Å². The third kappa shape index (κ3) is 1.75. The number of carbonyl (C=O) groups is 1. The summed E-state index contributed by atoms with van der Waals surface area (Å²) in [4.78, 5) is 10.7. The zero-order valence-corrected chi connectivity index (χ0v) is 8.58.